The molecule has 1 amide bonds. The number of carbonyl (C=O) groups excluding carboxylic acids is 1. The number of carbonyl (C=O) groups is 1. The number of aliphatic hydroxyl groups is 2. The molecular weight excluding hydrogens is 479 g/mol. The SMILES string of the molecule is O=C(Nc1ccnc(F)c1)c1cnc2c(NC3CC3)cc(N[C@H]3CC[C@H](N(CCO)CCO)CC3)nn12. The molecule has 198 valence electrons. The lowest BCUT2D eigenvalue weighted by molar-refractivity contribution is 0.0992. The van der Waals surface area contributed by atoms with Crippen molar-refractivity contribution in [3.63, 3.8) is 0 Å². The van der Waals surface area contributed by atoms with Gasteiger partial charge in [-0.1, -0.05) is 0 Å². The van der Waals surface area contributed by atoms with Crippen LogP contribution >= 0.6 is 0 Å². The molecule has 5 rings (SSSR count). The molecule has 0 atom stereocenters. The van der Waals surface area contributed by atoms with Crippen LogP contribution in [0.5, 0.6) is 0 Å². The van der Waals surface area contributed by atoms with E-state index in [2.05, 4.69) is 30.8 Å². The van der Waals surface area contributed by atoms with E-state index < -0.39 is 11.9 Å². The molecule has 3 aromatic rings. The highest BCUT2D eigenvalue weighted by Crippen LogP contribution is 2.30. The Hall–Kier alpha value is -3.35. The third-order valence-corrected chi connectivity index (χ3v) is 6.96. The van der Waals surface area contributed by atoms with Crippen molar-refractivity contribution in [2.24, 2.45) is 0 Å². The van der Waals surface area contributed by atoms with Crippen LogP contribution < -0.4 is 16.0 Å². The van der Waals surface area contributed by atoms with E-state index in [0.29, 0.717) is 42.3 Å². The van der Waals surface area contributed by atoms with Gasteiger partial charge >= 0.3 is 0 Å². The number of aliphatic hydroxyl groups excluding tert-OH is 2. The minimum absolute atomic E-state index is 0.0792. The topological polar surface area (TPSA) is 140 Å². The van der Waals surface area contributed by atoms with Gasteiger partial charge in [-0.25, -0.2) is 14.5 Å². The van der Waals surface area contributed by atoms with Crippen molar-refractivity contribution in [3.8, 4) is 0 Å². The molecule has 0 unspecified atom stereocenters. The summed E-state index contributed by atoms with van der Waals surface area (Å²) in [5.74, 6) is -0.487. The molecule has 0 saturated heterocycles. The number of fused-ring (bicyclic) bond motifs is 1. The number of nitrogens with zero attached hydrogens (tertiary/aromatic N) is 5. The molecule has 3 heterocycles. The lowest BCUT2D eigenvalue weighted by Gasteiger charge is -2.36. The molecule has 2 aliphatic rings. The van der Waals surface area contributed by atoms with Crippen LogP contribution in [0.15, 0.2) is 30.6 Å². The summed E-state index contributed by atoms with van der Waals surface area (Å²) >= 11 is 0. The highest BCUT2D eigenvalue weighted by atomic mass is 19.1. The van der Waals surface area contributed by atoms with Gasteiger partial charge in [0.2, 0.25) is 5.95 Å². The van der Waals surface area contributed by atoms with Gasteiger partial charge in [-0.05, 0) is 44.6 Å². The predicted octanol–water partition coefficient (Wildman–Crippen LogP) is 2.10. The molecule has 2 aliphatic carbocycles. The van der Waals surface area contributed by atoms with Gasteiger partial charge in [0.15, 0.2) is 11.3 Å². The van der Waals surface area contributed by atoms with Gasteiger partial charge in [0.1, 0.15) is 5.82 Å². The molecule has 0 aliphatic heterocycles. The highest BCUT2D eigenvalue weighted by Gasteiger charge is 2.27. The maximum Gasteiger partial charge on any atom is 0.276 e. The van der Waals surface area contributed by atoms with Crippen molar-refractivity contribution in [1.82, 2.24) is 24.5 Å². The Bertz CT molecular complexity index is 1220. The van der Waals surface area contributed by atoms with E-state index in [0.717, 1.165) is 50.3 Å². The molecule has 11 nitrogen and oxygen atoms in total. The van der Waals surface area contributed by atoms with Gasteiger partial charge < -0.3 is 26.2 Å². The summed E-state index contributed by atoms with van der Waals surface area (Å²) < 4.78 is 15.0. The predicted molar refractivity (Wildman–Crippen MR) is 137 cm³/mol. The normalized spacial score (nSPS) is 19.8. The van der Waals surface area contributed by atoms with Crippen LogP contribution in [0.4, 0.5) is 21.6 Å². The average molecular weight is 513 g/mol. The molecule has 2 saturated carbocycles. The fraction of sp³-hybridized carbons (Fsp3) is 0.520. The van der Waals surface area contributed by atoms with E-state index in [9.17, 15) is 19.4 Å². The molecule has 0 bridgehead atoms. The third kappa shape index (κ3) is 6.14. The maximum absolute atomic E-state index is 13.5. The molecule has 0 radical (unpaired) electrons. The van der Waals surface area contributed by atoms with E-state index in [1.807, 2.05) is 6.07 Å². The largest absolute Gasteiger partial charge is 0.395 e. The van der Waals surface area contributed by atoms with Gasteiger partial charge in [0.25, 0.3) is 5.91 Å². The van der Waals surface area contributed by atoms with Crippen molar-refractivity contribution < 1.29 is 19.4 Å². The summed E-state index contributed by atoms with van der Waals surface area (Å²) in [6.07, 6.45) is 8.69. The lowest BCUT2D eigenvalue weighted by Crippen LogP contribution is -2.43. The van der Waals surface area contributed by atoms with Crippen molar-refractivity contribution in [2.75, 3.05) is 42.3 Å². The molecule has 0 aromatic carbocycles. The third-order valence-electron chi connectivity index (χ3n) is 6.96. The zero-order valence-corrected chi connectivity index (χ0v) is 20.6. The summed E-state index contributed by atoms with van der Waals surface area (Å²) in [5.41, 5.74) is 1.89. The molecule has 2 fully saturated rings. The molecule has 0 spiro atoms. The number of nitrogens with one attached hydrogen (secondary N) is 3. The van der Waals surface area contributed by atoms with Crippen molar-refractivity contribution in [1.29, 1.82) is 0 Å². The van der Waals surface area contributed by atoms with Gasteiger partial charge in [0.05, 0.1) is 25.1 Å². The molecule has 12 heteroatoms. The van der Waals surface area contributed by atoms with Crippen LogP contribution in [0.3, 0.4) is 0 Å². The second-order valence-electron chi connectivity index (χ2n) is 9.70. The molecule has 37 heavy (non-hydrogen) atoms. The van der Waals surface area contributed by atoms with Crippen LogP contribution in [0, 0.1) is 5.95 Å². The van der Waals surface area contributed by atoms with Crippen molar-refractivity contribution >= 4 is 28.7 Å². The minimum atomic E-state index is -0.679. The first-order valence-electron chi connectivity index (χ1n) is 12.8. The number of hydrogen-bond donors (Lipinski definition) is 5. The second kappa shape index (κ2) is 11.4. The number of aromatic nitrogens is 4. The molecule has 5 N–H and O–H groups in total. The second-order valence-corrected chi connectivity index (χ2v) is 9.70. The van der Waals surface area contributed by atoms with Crippen molar-refractivity contribution in [3.05, 3.63) is 42.2 Å². The van der Waals surface area contributed by atoms with Gasteiger partial charge in [-0.15, -0.1) is 5.10 Å². The fourth-order valence-electron chi connectivity index (χ4n) is 4.95. The highest BCUT2D eigenvalue weighted by molar-refractivity contribution is 6.03. The Morgan fingerprint density at radius 1 is 1.03 bits per heavy atom. The first-order valence-corrected chi connectivity index (χ1v) is 12.8. The summed E-state index contributed by atoms with van der Waals surface area (Å²) in [6, 6.07) is 5.54. The van der Waals surface area contributed by atoms with Crippen LogP contribution in [0.25, 0.3) is 5.65 Å². The Morgan fingerprint density at radius 2 is 1.73 bits per heavy atom. The Kier molecular flexibility index (Phi) is 7.77. The maximum atomic E-state index is 13.5. The number of amides is 1. The number of halogens is 1. The van der Waals surface area contributed by atoms with Crippen molar-refractivity contribution in [2.45, 2.75) is 56.7 Å². The summed E-state index contributed by atoms with van der Waals surface area (Å²) in [5, 5.41) is 33.1. The van der Waals surface area contributed by atoms with E-state index in [1.165, 1.54) is 23.0 Å². The van der Waals surface area contributed by atoms with E-state index in [1.54, 1.807) is 0 Å². The number of pyridine rings is 1. The number of anilines is 3. The van der Waals surface area contributed by atoms with Crippen LogP contribution in [-0.2, 0) is 0 Å². The Morgan fingerprint density at radius 3 is 2.41 bits per heavy atom. The number of rotatable bonds is 11. The van der Waals surface area contributed by atoms with Gasteiger partial charge in [0, 0.05) is 55.2 Å². The first kappa shape index (κ1) is 25.3. The van der Waals surface area contributed by atoms with Crippen LogP contribution in [0.1, 0.15) is 49.0 Å². The van der Waals surface area contributed by atoms with E-state index in [4.69, 9.17) is 5.10 Å². The summed E-state index contributed by atoms with van der Waals surface area (Å²) in [4.78, 5) is 23.1. The average Bonchev–Trinajstić information content (AvgIpc) is 3.59. The zero-order chi connectivity index (χ0) is 25.8. The summed E-state index contributed by atoms with van der Waals surface area (Å²) in [6.45, 7) is 1.29. The lowest BCUT2D eigenvalue weighted by atomic mass is 9.90. The van der Waals surface area contributed by atoms with Crippen LogP contribution in [0.2, 0.25) is 0 Å². The van der Waals surface area contributed by atoms with E-state index in [-0.39, 0.29) is 24.9 Å². The smallest absolute Gasteiger partial charge is 0.276 e. The van der Waals surface area contributed by atoms with Gasteiger partial charge in [-0.2, -0.15) is 4.39 Å². The van der Waals surface area contributed by atoms with E-state index >= 15 is 0 Å². The number of hydrogen-bond acceptors (Lipinski definition) is 9. The first-order chi connectivity index (χ1) is 18.0. The standard InChI is InChI=1S/C25H33FN8O3/c26-22-13-18(7-8-27-22)31-25(37)21-15-28-24-20(29-16-1-2-16)14-23(32-34(21)24)30-17-3-5-19(6-4-17)33(9-11-35)10-12-36/h7-8,13-17,19,29,35-36H,1-6,9-12H2,(H,30,32)(H,27,31,37)/t17-,19-. The zero-order valence-electron chi connectivity index (χ0n) is 20.6. The quantitative estimate of drug-likeness (QED) is 0.244. The summed E-state index contributed by atoms with van der Waals surface area (Å²) in [7, 11) is 0. The Balaban J connectivity index is 1.33. The fourth-order valence-corrected chi connectivity index (χ4v) is 4.95. The Labute approximate surface area is 214 Å². The van der Waals surface area contributed by atoms with Gasteiger partial charge in [-0.3, -0.25) is 9.69 Å². The minimum Gasteiger partial charge on any atom is -0.395 e. The van der Waals surface area contributed by atoms with Crippen LogP contribution in [-0.4, -0.2) is 85.0 Å². The number of imidazole rings is 1. The molecule has 3 aromatic heterocycles. The molecular formula is C25H33FN8O3. The monoisotopic (exact) mass is 512 g/mol.